The highest BCUT2D eigenvalue weighted by molar-refractivity contribution is 7.51. The minimum Gasteiger partial charge on any atom is -0.330 e. The Hall–Kier alpha value is 0.0700. The standard InChI is InChI=1S/C8H19N2O3P/c1-10-4-2-8(6-9,3-5-10)7-14(11,12)13/h2-7,9H2,1H3,(H2,11,12,13). The molecular weight excluding hydrogens is 203 g/mol. The largest absolute Gasteiger partial charge is 0.330 e. The Balaban J connectivity index is 2.63. The van der Waals surface area contributed by atoms with Crippen molar-refractivity contribution < 1.29 is 14.4 Å². The van der Waals surface area contributed by atoms with Crippen molar-refractivity contribution in [1.29, 1.82) is 0 Å². The van der Waals surface area contributed by atoms with E-state index < -0.39 is 7.60 Å². The Kier molecular flexibility index (Phi) is 3.72. The van der Waals surface area contributed by atoms with Gasteiger partial charge in [-0.2, -0.15) is 0 Å². The van der Waals surface area contributed by atoms with Crippen molar-refractivity contribution in [2.75, 3.05) is 32.8 Å². The first-order valence-corrected chi connectivity index (χ1v) is 6.60. The molecule has 14 heavy (non-hydrogen) atoms. The molecule has 0 aliphatic carbocycles. The molecule has 1 rings (SSSR count). The predicted octanol–water partition coefficient (Wildman–Crippen LogP) is -0.165. The van der Waals surface area contributed by atoms with Gasteiger partial charge in [-0.15, -0.1) is 0 Å². The van der Waals surface area contributed by atoms with Crippen LogP contribution in [0.3, 0.4) is 0 Å². The Morgan fingerprint density at radius 1 is 1.43 bits per heavy atom. The summed E-state index contributed by atoms with van der Waals surface area (Å²) in [5.41, 5.74) is 5.29. The van der Waals surface area contributed by atoms with Crippen LogP contribution >= 0.6 is 7.60 Å². The van der Waals surface area contributed by atoms with Crippen molar-refractivity contribution >= 4 is 7.60 Å². The molecule has 1 fully saturated rings. The topological polar surface area (TPSA) is 86.8 Å². The molecule has 6 heteroatoms. The van der Waals surface area contributed by atoms with Gasteiger partial charge in [0, 0.05) is 0 Å². The second-order valence-electron chi connectivity index (χ2n) is 4.33. The van der Waals surface area contributed by atoms with Gasteiger partial charge in [0.05, 0.1) is 6.16 Å². The van der Waals surface area contributed by atoms with E-state index >= 15 is 0 Å². The molecular formula is C8H19N2O3P. The van der Waals surface area contributed by atoms with E-state index in [1.807, 2.05) is 7.05 Å². The molecule has 1 heterocycles. The maximum absolute atomic E-state index is 11.0. The molecule has 0 radical (unpaired) electrons. The van der Waals surface area contributed by atoms with Crippen LogP contribution in [0.4, 0.5) is 0 Å². The normalized spacial score (nSPS) is 23.7. The first-order chi connectivity index (χ1) is 6.37. The van der Waals surface area contributed by atoms with E-state index in [-0.39, 0.29) is 11.6 Å². The van der Waals surface area contributed by atoms with Gasteiger partial charge in [-0.25, -0.2) is 0 Å². The van der Waals surface area contributed by atoms with Gasteiger partial charge < -0.3 is 20.4 Å². The molecule has 0 bridgehead atoms. The molecule has 0 saturated carbocycles. The van der Waals surface area contributed by atoms with Crippen molar-refractivity contribution in [3.05, 3.63) is 0 Å². The SMILES string of the molecule is CN1CCC(CN)(CP(=O)(O)O)CC1. The van der Waals surface area contributed by atoms with E-state index in [0.29, 0.717) is 6.54 Å². The lowest BCUT2D eigenvalue weighted by Crippen LogP contribution is -2.44. The maximum atomic E-state index is 11.0. The lowest BCUT2D eigenvalue weighted by atomic mass is 9.80. The van der Waals surface area contributed by atoms with E-state index in [2.05, 4.69) is 4.90 Å². The molecule has 0 amide bonds. The summed E-state index contributed by atoms with van der Waals surface area (Å²) in [5.74, 6) is 0. The van der Waals surface area contributed by atoms with Crippen molar-refractivity contribution in [2.45, 2.75) is 12.8 Å². The van der Waals surface area contributed by atoms with Crippen LogP contribution in [0.5, 0.6) is 0 Å². The van der Waals surface area contributed by atoms with E-state index in [4.69, 9.17) is 15.5 Å². The summed E-state index contributed by atoms with van der Waals surface area (Å²) in [6.07, 6.45) is 1.50. The summed E-state index contributed by atoms with van der Waals surface area (Å²) >= 11 is 0. The Bertz CT molecular complexity index is 233. The van der Waals surface area contributed by atoms with Crippen LogP contribution in [0, 0.1) is 5.41 Å². The van der Waals surface area contributed by atoms with Crippen LogP contribution in [-0.2, 0) is 4.57 Å². The van der Waals surface area contributed by atoms with Crippen molar-refractivity contribution in [3.63, 3.8) is 0 Å². The zero-order valence-electron chi connectivity index (χ0n) is 8.52. The first-order valence-electron chi connectivity index (χ1n) is 4.80. The Morgan fingerprint density at radius 3 is 2.29 bits per heavy atom. The van der Waals surface area contributed by atoms with Gasteiger partial charge in [0.1, 0.15) is 0 Å². The Labute approximate surface area is 84.4 Å². The average Bonchev–Trinajstić information content (AvgIpc) is 2.07. The number of nitrogens with two attached hydrogens (primary N) is 1. The average molecular weight is 222 g/mol. The van der Waals surface area contributed by atoms with Crippen LogP contribution in [0.1, 0.15) is 12.8 Å². The Morgan fingerprint density at radius 2 is 1.93 bits per heavy atom. The van der Waals surface area contributed by atoms with Gasteiger partial charge in [-0.3, -0.25) is 4.57 Å². The van der Waals surface area contributed by atoms with E-state index in [0.717, 1.165) is 25.9 Å². The minimum atomic E-state index is -3.93. The molecule has 0 aromatic rings. The molecule has 0 atom stereocenters. The second kappa shape index (κ2) is 4.29. The van der Waals surface area contributed by atoms with E-state index in [1.165, 1.54) is 0 Å². The second-order valence-corrected chi connectivity index (χ2v) is 5.98. The minimum absolute atomic E-state index is 0.0651. The zero-order valence-corrected chi connectivity index (χ0v) is 9.41. The lowest BCUT2D eigenvalue weighted by molar-refractivity contribution is 0.143. The van der Waals surface area contributed by atoms with Gasteiger partial charge in [0.25, 0.3) is 0 Å². The summed E-state index contributed by atoms with van der Waals surface area (Å²) < 4.78 is 11.0. The highest BCUT2D eigenvalue weighted by Crippen LogP contribution is 2.45. The predicted molar refractivity (Wildman–Crippen MR) is 55.1 cm³/mol. The molecule has 1 aliphatic rings. The zero-order chi connectivity index (χ0) is 10.8. The van der Waals surface area contributed by atoms with Gasteiger partial charge in [-0.05, 0) is 44.9 Å². The fraction of sp³-hybridized carbons (Fsp3) is 1.00. The summed E-state index contributed by atoms with van der Waals surface area (Å²) in [5, 5.41) is 0. The van der Waals surface area contributed by atoms with Crippen LogP contribution < -0.4 is 5.73 Å². The summed E-state index contributed by atoms with van der Waals surface area (Å²) in [6.45, 7) is 2.11. The molecule has 1 aliphatic heterocycles. The molecule has 4 N–H and O–H groups in total. The molecule has 0 spiro atoms. The van der Waals surface area contributed by atoms with Crippen LogP contribution in [-0.4, -0.2) is 47.5 Å². The number of likely N-dealkylation sites (tertiary alicyclic amines) is 1. The summed E-state index contributed by atoms with van der Waals surface area (Å²) in [4.78, 5) is 20.1. The van der Waals surface area contributed by atoms with Crippen molar-refractivity contribution in [2.24, 2.45) is 11.1 Å². The van der Waals surface area contributed by atoms with E-state index in [9.17, 15) is 4.57 Å². The fourth-order valence-electron chi connectivity index (χ4n) is 1.96. The number of nitrogens with zero attached hydrogens (tertiary/aromatic N) is 1. The summed E-state index contributed by atoms with van der Waals surface area (Å²) in [7, 11) is -1.92. The van der Waals surface area contributed by atoms with Crippen LogP contribution in [0.2, 0.25) is 0 Å². The quantitative estimate of drug-likeness (QED) is 0.577. The molecule has 0 aromatic heterocycles. The number of hydrogen-bond donors (Lipinski definition) is 3. The highest BCUT2D eigenvalue weighted by Gasteiger charge is 2.37. The summed E-state index contributed by atoms with van der Waals surface area (Å²) in [6, 6.07) is 0. The monoisotopic (exact) mass is 222 g/mol. The number of rotatable bonds is 3. The molecule has 5 nitrogen and oxygen atoms in total. The van der Waals surface area contributed by atoms with Gasteiger partial charge in [0.2, 0.25) is 0 Å². The highest BCUT2D eigenvalue weighted by atomic mass is 31.2. The third-order valence-electron chi connectivity index (χ3n) is 3.02. The van der Waals surface area contributed by atoms with E-state index in [1.54, 1.807) is 0 Å². The molecule has 84 valence electrons. The number of piperidine rings is 1. The fourth-order valence-corrected chi connectivity index (χ4v) is 3.28. The van der Waals surface area contributed by atoms with Gasteiger partial charge >= 0.3 is 7.60 Å². The first kappa shape index (κ1) is 12.1. The third kappa shape index (κ3) is 3.33. The van der Waals surface area contributed by atoms with Crippen molar-refractivity contribution in [1.82, 2.24) is 4.90 Å². The van der Waals surface area contributed by atoms with Crippen LogP contribution in [0.15, 0.2) is 0 Å². The van der Waals surface area contributed by atoms with Gasteiger partial charge in [-0.1, -0.05) is 0 Å². The molecule has 0 aromatic carbocycles. The third-order valence-corrected chi connectivity index (χ3v) is 4.10. The molecule has 0 unspecified atom stereocenters. The van der Waals surface area contributed by atoms with Crippen LogP contribution in [0.25, 0.3) is 0 Å². The van der Waals surface area contributed by atoms with Gasteiger partial charge in [0.15, 0.2) is 0 Å². The van der Waals surface area contributed by atoms with Crippen molar-refractivity contribution in [3.8, 4) is 0 Å². The molecule has 1 saturated heterocycles. The maximum Gasteiger partial charge on any atom is 0.326 e. The lowest BCUT2D eigenvalue weighted by Gasteiger charge is -2.39. The smallest absolute Gasteiger partial charge is 0.326 e. The number of hydrogen-bond acceptors (Lipinski definition) is 3.